The summed E-state index contributed by atoms with van der Waals surface area (Å²) < 4.78 is 0. The van der Waals surface area contributed by atoms with E-state index in [1.165, 1.54) is 17.7 Å². The summed E-state index contributed by atoms with van der Waals surface area (Å²) in [6.07, 6.45) is 4.37. The van der Waals surface area contributed by atoms with Gasteiger partial charge in [-0.25, -0.2) is 0 Å². The topological polar surface area (TPSA) is 12.0 Å². The Hall–Kier alpha value is -0.180. The lowest BCUT2D eigenvalue weighted by Gasteiger charge is -2.18. The van der Waals surface area contributed by atoms with Crippen molar-refractivity contribution in [2.24, 2.45) is 0 Å². The normalized spacial score (nSPS) is 12.7. The Kier molecular flexibility index (Phi) is 6.93. The maximum atomic E-state index is 6.17. The quantitative estimate of drug-likeness (QED) is 0.801. The van der Waals surface area contributed by atoms with Crippen LogP contribution in [0.4, 0.5) is 0 Å². The summed E-state index contributed by atoms with van der Waals surface area (Å²) in [4.78, 5) is 0. The van der Waals surface area contributed by atoms with Crippen LogP contribution >= 0.6 is 23.4 Å². The van der Waals surface area contributed by atoms with Gasteiger partial charge in [-0.15, -0.1) is 0 Å². The molecule has 0 aliphatic rings. The summed E-state index contributed by atoms with van der Waals surface area (Å²) in [6, 6.07) is 8.66. The monoisotopic (exact) mass is 257 g/mol. The van der Waals surface area contributed by atoms with E-state index in [2.05, 4.69) is 30.6 Å². The van der Waals surface area contributed by atoms with Crippen molar-refractivity contribution in [3.8, 4) is 0 Å². The third-order valence-electron chi connectivity index (χ3n) is 2.59. The van der Waals surface area contributed by atoms with Crippen LogP contribution in [0.15, 0.2) is 24.3 Å². The molecule has 0 bridgehead atoms. The molecular formula is C13H20ClNS. The van der Waals surface area contributed by atoms with E-state index in [1.54, 1.807) is 0 Å². The molecule has 1 aromatic carbocycles. The third-order valence-corrected chi connectivity index (χ3v) is 3.60. The van der Waals surface area contributed by atoms with Gasteiger partial charge >= 0.3 is 0 Å². The average molecular weight is 258 g/mol. The number of nitrogens with one attached hydrogen (secondary N) is 1. The van der Waals surface area contributed by atoms with E-state index in [-0.39, 0.29) is 0 Å². The smallest absolute Gasteiger partial charge is 0.0438 e. The first kappa shape index (κ1) is 13.9. The molecule has 0 saturated heterocycles. The Balaban J connectivity index is 2.56. The lowest BCUT2D eigenvalue weighted by atomic mass is 10.0. The first-order valence-corrected chi connectivity index (χ1v) is 7.50. The van der Waals surface area contributed by atoms with E-state index in [4.69, 9.17) is 11.6 Å². The SMILES string of the molecule is CCNC(CCSC)Cc1ccccc1Cl. The van der Waals surface area contributed by atoms with Crippen molar-refractivity contribution in [3.05, 3.63) is 34.9 Å². The van der Waals surface area contributed by atoms with Crippen molar-refractivity contribution in [2.75, 3.05) is 18.6 Å². The molecule has 1 atom stereocenters. The Bertz CT molecular complexity index is 304. The van der Waals surface area contributed by atoms with Crippen molar-refractivity contribution >= 4 is 23.4 Å². The highest BCUT2D eigenvalue weighted by Crippen LogP contribution is 2.18. The maximum absolute atomic E-state index is 6.17. The van der Waals surface area contributed by atoms with Gasteiger partial charge in [0.15, 0.2) is 0 Å². The molecule has 1 aromatic rings. The van der Waals surface area contributed by atoms with Gasteiger partial charge in [0.2, 0.25) is 0 Å². The van der Waals surface area contributed by atoms with Crippen LogP contribution in [0.3, 0.4) is 0 Å². The highest BCUT2D eigenvalue weighted by atomic mass is 35.5. The van der Waals surface area contributed by atoms with Crippen LogP contribution in [0.2, 0.25) is 5.02 Å². The van der Waals surface area contributed by atoms with Crippen LogP contribution in [0.25, 0.3) is 0 Å². The minimum Gasteiger partial charge on any atom is -0.314 e. The number of likely N-dealkylation sites (N-methyl/N-ethyl adjacent to an activating group) is 1. The molecule has 0 spiro atoms. The van der Waals surface area contributed by atoms with E-state index in [9.17, 15) is 0 Å². The van der Waals surface area contributed by atoms with Crippen LogP contribution in [0.5, 0.6) is 0 Å². The van der Waals surface area contributed by atoms with Gasteiger partial charge in [-0.1, -0.05) is 36.7 Å². The number of hydrogen-bond acceptors (Lipinski definition) is 2. The molecule has 0 aromatic heterocycles. The van der Waals surface area contributed by atoms with Gasteiger partial charge in [0, 0.05) is 11.1 Å². The molecule has 1 rings (SSSR count). The summed E-state index contributed by atoms with van der Waals surface area (Å²) in [5.74, 6) is 1.20. The lowest BCUT2D eigenvalue weighted by Crippen LogP contribution is -2.31. The lowest BCUT2D eigenvalue weighted by molar-refractivity contribution is 0.513. The van der Waals surface area contributed by atoms with Crippen LogP contribution in [-0.2, 0) is 6.42 Å². The van der Waals surface area contributed by atoms with Gasteiger partial charge in [0.1, 0.15) is 0 Å². The minimum atomic E-state index is 0.539. The third kappa shape index (κ3) is 4.77. The minimum absolute atomic E-state index is 0.539. The Morgan fingerprint density at radius 3 is 2.75 bits per heavy atom. The molecule has 1 nitrogen and oxygen atoms in total. The second kappa shape index (κ2) is 7.99. The zero-order valence-corrected chi connectivity index (χ0v) is 11.6. The van der Waals surface area contributed by atoms with Crippen molar-refractivity contribution in [1.29, 1.82) is 0 Å². The molecular weight excluding hydrogens is 238 g/mol. The molecule has 0 heterocycles. The molecule has 90 valence electrons. The Labute approximate surface area is 108 Å². The van der Waals surface area contributed by atoms with Crippen LogP contribution in [-0.4, -0.2) is 24.6 Å². The van der Waals surface area contributed by atoms with Gasteiger partial charge in [0.05, 0.1) is 0 Å². The van der Waals surface area contributed by atoms with Gasteiger partial charge in [-0.05, 0) is 43.0 Å². The Morgan fingerprint density at radius 1 is 1.38 bits per heavy atom. The second-order valence-electron chi connectivity index (χ2n) is 3.83. The standard InChI is InChI=1S/C13H20ClNS/c1-3-15-12(8-9-16-2)10-11-6-4-5-7-13(11)14/h4-7,12,15H,3,8-10H2,1-2H3. The van der Waals surface area contributed by atoms with Crippen molar-refractivity contribution in [3.63, 3.8) is 0 Å². The number of thioether (sulfide) groups is 1. The van der Waals surface area contributed by atoms with Gasteiger partial charge < -0.3 is 5.32 Å². The van der Waals surface area contributed by atoms with Crippen molar-refractivity contribution < 1.29 is 0 Å². The van der Waals surface area contributed by atoms with E-state index in [1.807, 2.05) is 23.9 Å². The van der Waals surface area contributed by atoms with E-state index in [0.29, 0.717) is 6.04 Å². The molecule has 3 heteroatoms. The fourth-order valence-corrected chi connectivity index (χ4v) is 2.49. The number of hydrogen-bond donors (Lipinski definition) is 1. The summed E-state index contributed by atoms with van der Waals surface area (Å²) in [7, 11) is 0. The zero-order chi connectivity index (χ0) is 11.8. The van der Waals surface area contributed by atoms with E-state index in [0.717, 1.165) is 18.0 Å². The van der Waals surface area contributed by atoms with Crippen LogP contribution in [0.1, 0.15) is 18.9 Å². The van der Waals surface area contributed by atoms with Crippen LogP contribution in [0, 0.1) is 0 Å². The summed E-state index contributed by atoms with van der Waals surface area (Å²) in [6.45, 7) is 3.17. The highest BCUT2D eigenvalue weighted by Gasteiger charge is 2.09. The summed E-state index contributed by atoms with van der Waals surface area (Å²) >= 11 is 8.07. The predicted octanol–water partition coefficient (Wildman–Crippen LogP) is 3.61. The Morgan fingerprint density at radius 2 is 2.12 bits per heavy atom. The molecule has 1 N–H and O–H groups in total. The molecule has 0 fully saturated rings. The molecule has 0 saturated carbocycles. The molecule has 0 amide bonds. The number of benzene rings is 1. The summed E-state index contributed by atoms with van der Waals surface area (Å²) in [5, 5.41) is 4.40. The highest BCUT2D eigenvalue weighted by molar-refractivity contribution is 7.98. The first-order valence-electron chi connectivity index (χ1n) is 5.73. The van der Waals surface area contributed by atoms with Gasteiger partial charge in [-0.3, -0.25) is 0 Å². The van der Waals surface area contributed by atoms with Gasteiger partial charge in [-0.2, -0.15) is 11.8 Å². The van der Waals surface area contributed by atoms with E-state index >= 15 is 0 Å². The molecule has 0 radical (unpaired) electrons. The number of halogens is 1. The fourth-order valence-electron chi connectivity index (χ4n) is 1.75. The summed E-state index contributed by atoms with van der Waals surface area (Å²) in [5.41, 5.74) is 1.25. The predicted molar refractivity (Wildman–Crippen MR) is 75.6 cm³/mol. The average Bonchev–Trinajstić information content (AvgIpc) is 2.29. The second-order valence-corrected chi connectivity index (χ2v) is 5.22. The van der Waals surface area contributed by atoms with Gasteiger partial charge in [0.25, 0.3) is 0 Å². The largest absolute Gasteiger partial charge is 0.314 e. The fraction of sp³-hybridized carbons (Fsp3) is 0.538. The zero-order valence-electron chi connectivity index (χ0n) is 10.0. The molecule has 1 unspecified atom stereocenters. The van der Waals surface area contributed by atoms with Crippen LogP contribution < -0.4 is 5.32 Å². The van der Waals surface area contributed by atoms with E-state index < -0.39 is 0 Å². The number of rotatable bonds is 7. The molecule has 0 aliphatic heterocycles. The van der Waals surface area contributed by atoms with Crippen molar-refractivity contribution in [2.45, 2.75) is 25.8 Å². The molecule has 16 heavy (non-hydrogen) atoms. The first-order chi connectivity index (χ1) is 7.77. The maximum Gasteiger partial charge on any atom is 0.0438 e. The molecule has 0 aliphatic carbocycles. The van der Waals surface area contributed by atoms with Crippen molar-refractivity contribution in [1.82, 2.24) is 5.32 Å².